The molecule has 0 atom stereocenters. The van der Waals surface area contributed by atoms with Crippen molar-refractivity contribution >= 4 is 28.2 Å². The van der Waals surface area contributed by atoms with Gasteiger partial charge in [-0.1, -0.05) is 0 Å². The number of halogens is 3. The van der Waals surface area contributed by atoms with Crippen molar-refractivity contribution in [2.45, 2.75) is 51.5 Å². The maximum atomic E-state index is 12.7. The molecule has 152 valence electrons. The normalized spacial score (nSPS) is 17.8. The summed E-state index contributed by atoms with van der Waals surface area (Å²) in [6.45, 7) is 7.43. The van der Waals surface area contributed by atoms with Crippen LogP contribution in [-0.2, 0) is 22.9 Å². The first-order valence-electron chi connectivity index (χ1n) is 8.31. The third-order valence-corrected chi connectivity index (χ3v) is 5.70. The Labute approximate surface area is 162 Å². The number of imidazole rings is 1. The molecule has 0 radical (unpaired) electrons. The second-order valence-electron chi connectivity index (χ2n) is 7.62. The van der Waals surface area contributed by atoms with Crippen molar-refractivity contribution in [1.29, 1.82) is 0 Å². The van der Waals surface area contributed by atoms with Gasteiger partial charge in [0.05, 0.1) is 23.0 Å². The summed E-state index contributed by atoms with van der Waals surface area (Å²) >= 11 is 1.12. The number of H-pyrrole nitrogens is 1. The van der Waals surface area contributed by atoms with Gasteiger partial charge in [0.2, 0.25) is 5.82 Å². The summed E-state index contributed by atoms with van der Waals surface area (Å²) in [4.78, 5) is 30.3. The van der Waals surface area contributed by atoms with Gasteiger partial charge in [-0.25, -0.2) is 4.98 Å². The fraction of sp³-hybridized carbons (Fsp3) is 0.471. The SMILES string of the molecule is CC1(C)Cc2c(sc(NC(=O)c3cnc(C(F)(F)F)[nH]3)c2C(N)=O)C(C)(C)O1. The Morgan fingerprint density at radius 3 is 2.50 bits per heavy atom. The Morgan fingerprint density at radius 2 is 1.96 bits per heavy atom. The van der Waals surface area contributed by atoms with Gasteiger partial charge in [-0.05, 0) is 33.3 Å². The van der Waals surface area contributed by atoms with Crippen molar-refractivity contribution in [2.24, 2.45) is 5.73 Å². The molecule has 0 aliphatic carbocycles. The predicted octanol–water partition coefficient (Wildman–Crippen LogP) is 3.43. The molecule has 0 bridgehead atoms. The van der Waals surface area contributed by atoms with Gasteiger partial charge in [0.15, 0.2) is 0 Å². The van der Waals surface area contributed by atoms with Gasteiger partial charge in [0, 0.05) is 11.3 Å². The second-order valence-corrected chi connectivity index (χ2v) is 8.64. The Bertz CT molecular complexity index is 959. The third kappa shape index (κ3) is 3.63. The Kier molecular flexibility index (Phi) is 4.58. The zero-order chi connectivity index (χ0) is 21.1. The second kappa shape index (κ2) is 6.31. The van der Waals surface area contributed by atoms with E-state index in [-0.39, 0.29) is 16.3 Å². The molecule has 4 N–H and O–H groups in total. The topological polar surface area (TPSA) is 110 Å². The van der Waals surface area contributed by atoms with Crippen LogP contribution in [0.4, 0.5) is 18.2 Å². The molecule has 11 heteroatoms. The van der Waals surface area contributed by atoms with Gasteiger partial charge in [-0.2, -0.15) is 13.2 Å². The highest BCUT2D eigenvalue weighted by molar-refractivity contribution is 7.17. The molecule has 1 aliphatic heterocycles. The van der Waals surface area contributed by atoms with Crippen molar-refractivity contribution in [1.82, 2.24) is 9.97 Å². The lowest BCUT2D eigenvalue weighted by molar-refractivity contribution is -0.144. The van der Waals surface area contributed by atoms with Crippen molar-refractivity contribution in [3.8, 4) is 0 Å². The first kappa shape index (κ1) is 20.3. The molecule has 2 aromatic heterocycles. The van der Waals surface area contributed by atoms with Crippen molar-refractivity contribution < 1.29 is 27.5 Å². The lowest BCUT2D eigenvalue weighted by atomic mass is 9.86. The lowest BCUT2D eigenvalue weighted by Gasteiger charge is -2.41. The quantitative estimate of drug-likeness (QED) is 0.712. The fourth-order valence-electron chi connectivity index (χ4n) is 3.42. The van der Waals surface area contributed by atoms with Gasteiger partial charge < -0.3 is 20.8 Å². The number of nitrogens with one attached hydrogen (secondary N) is 2. The number of ether oxygens (including phenoxy) is 1. The maximum absolute atomic E-state index is 12.7. The Balaban J connectivity index is 1.99. The number of aromatic amines is 1. The van der Waals surface area contributed by atoms with Crippen LogP contribution in [0.5, 0.6) is 0 Å². The lowest BCUT2D eigenvalue weighted by Crippen LogP contribution is -2.42. The number of carbonyl (C=O) groups excluding carboxylic acids is 2. The summed E-state index contributed by atoms with van der Waals surface area (Å²) in [5, 5.41) is 2.65. The summed E-state index contributed by atoms with van der Waals surface area (Å²) in [5.74, 6) is -2.88. The largest absolute Gasteiger partial charge is 0.449 e. The Morgan fingerprint density at radius 1 is 1.32 bits per heavy atom. The molecule has 0 unspecified atom stereocenters. The molecule has 0 fully saturated rings. The van der Waals surface area contributed by atoms with E-state index >= 15 is 0 Å². The summed E-state index contributed by atoms with van der Waals surface area (Å²) in [7, 11) is 0. The maximum Gasteiger partial charge on any atom is 0.449 e. The number of thiophene rings is 1. The zero-order valence-electron chi connectivity index (χ0n) is 15.6. The van der Waals surface area contributed by atoms with Gasteiger partial charge in [-0.3, -0.25) is 9.59 Å². The van der Waals surface area contributed by atoms with Crippen molar-refractivity contribution in [2.75, 3.05) is 5.32 Å². The van der Waals surface area contributed by atoms with E-state index in [1.165, 1.54) is 0 Å². The van der Waals surface area contributed by atoms with Crippen LogP contribution in [0.1, 0.15) is 64.8 Å². The van der Waals surface area contributed by atoms with E-state index in [9.17, 15) is 22.8 Å². The highest BCUT2D eigenvalue weighted by Gasteiger charge is 2.43. The zero-order valence-corrected chi connectivity index (χ0v) is 16.4. The molecule has 3 rings (SSSR count). The minimum atomic E-state index is -4.70. The molecule has 2 aromatic rings. The fourth-order valence-corrected chi connectivity index (χ4v) is 4.68. The Hall–Kier alpha value is -2.40. The third-order valence-electron chi connectivity index (χ3n) is 4.25. The number of anilines is 1. The number of primary amides is 1. The number of rotatable bonds is 3. The molecule has 3 heterocycles. The average Bonchev–Trinajstić information content (AvgIpc) is 3.09. The van der Waals surface area contributed by atoms with Crippen LogP contribution in [0.15, 0.2) is 6.20 Å². The first-order valence-corrected chi connectivity index (χ1v) is 9.12. The molecule has 2 amide bonds. The number of hydrogen-bond donors (Lipinski definition) is 3. The molecule has 0 saturated heterocycles. The number of fused-ring (bicyclic) bond motifs is 1. The summed E-state index contributed by atoms with van der Waals surface area (Å²) in [6, 6.07) is 0. The predicted molar refractivity (Wildman–Crippen MR) is 96.3 cm³/mol. The minimum Gasteiger partial charge on any atom is -0.365 e. The van der Waals surface area contributed by atoms with Crippen LogP contribution in [-0.4, -0.2) is 27.4 Å². The molecule has 0 saturated carbocycles. The monoisotopic (exact) mass is 416 g/mol. The van der Waals surface area contributed by atoms with Gasteiger partial charge >= 0.3 is 6.18 Å². The molecular weight excluding hydrogens is 397 g/mol. The van der Waals surface area contributed by atoms with Crippen LogP contribution in [0.3, 0.4) is 0 Å². The van der Waals surface area contributed by atoms with Crippen molar-refractivity contribution in [3.05, 3.63) is 33.7 Å². The number of hydrogen-bond acceptors (Lipinski definition) is 5. The van der Waals surface area contributed by atoms with E-state index in [4.69, 9.17) is 10.5 Å². The number of alkyl halides is 3. The van der Waals surface area contributed by atoms with Gasteiger partial charge in [-0.15, -0.1) is 11.3 Å². The van der Waals surface area contributed by atoms with E-state index in [0.29, 0.717) is 12.0 Å². The number of nitrogens with two attached hydrogens (primary N) is 1. The van der Waals surface area contributed by atoms with Crippen LogP contribution in [0, 0.1) is 0 Å². The van der Waals surface area contributed by atoms with E-state index in [0.717, 1.165) is 22.4 Å². The van der Waals surface area contributed by atoms with E-state index < -0.39 is 35.0 Å². The molecular formula is C17H19F3N4O3S. The van der Waals surface area contributed by atoms with Crippen LogP contribution in [0.25, 0.3) is 0 Å². The number of nitrogens with zero attached hydrogens (tertiary/aromatic N) is 1. The molecule has 1 aliphatic rings. The van der Waals surface area contributed by atoms with E-state index in [2.05, 4.69) is 10.3 Å². The van der Waals surface area contributed by atoms with Crippen LogP contribution < -0.4 is 11.1 Å². The molecule has 0 spiro atoms. The van der Waals surface area contributed by atoms with Crippen LogP contribution >= 0.6 is 11.3 Å². The first-order chi connectivity index (χ1) is 12.7. The smallest absolute Gasteiger partial charge is 0.365 e. The number of amides is 2. The standard InChI is InChI=1S/C17H19F3N4O3S/c1-15(2)5-7-9(11(21)25)13(28-10(7)16(3,4)27-15)24-12(26)8-6-22-14(23-8)17(18,19)20/h6H,5H2,1-4H3,(H2,21,25)(H,22,23)(H,24,26). The number of carbonyl (C=O) groups is 2. The molecule has 28 heavy (non-hydrogen) atoms. The summed E-state index contributed by atoms with van der Waals surface area (Å²) < 4.78 is 44.1. The van der Waals surface area contributed by atoms with E-state index in [1.807, 2.05) is 32.7 Å². The van der Waals surface area contributed by atoms with Gasteiger partial charge in [0.25, 0.3) is 11.8 Å². The van der Waals surface area contributed by atoms with Crippen LogP contribution in [0.2, 0.25) is 0 Å². The highest BCUT2D eigenvalue weighted by atomic mass is 32.1. The molecule has 0 aromatic carbocycles. The highest BCUT2D eigenvalue weighted by Crippen LogP contribution is 2.48. The minimum absolute atomic E-state index is 0.147. The molecule has 7 nitrogen and oxygen atoms in total. The summed E-state index contributed by atoms with van der Waals surface area (Å²) in [5.41, 5.74) is 4.69. The van der Waals surface area contributed by atoms with Gasteiger partial charge in [0.1, 0.15) is 10.7 Å². The van der Waals surface area contributed by atoms with E-state index in [1.54, 1.807) is 0 Å². The summed E-state index contributed by atoms with van der Waals surface area (Å²) in [6.07, 6.45) is -3.52. The number of aromatic nitrogens is 2. The van der Waals surface area contributed by atoms with Crippen molar-refractivity contribution in [3.63, 3.8) is 0 Å². The average molecular weight is 416 g/mol.